The summed E-state index contributed by atoms with van der Waals surface area (Å²) in [6, 6.07) is -0.392. The summed E-state index contributed by atoms with van der Waals surface area (Å²) >= 11 is 0. The van der Waals surface area contributed by atoms with Crippen LogP contribution in [0.1, 0.15) is 40.0 Å². The van der Waals surface area contributed by atoms with Crippen molar-refractivity contribution in [2.45, 2.75) is 46.1 Å². The topological polar surface area (TPSA) is 49.3 Å². The van der Waals surface area contributed by atoms with Gasteiger partial charge in [0, 0.05) is 0 Å². The van der Waals surface area contributed by atoms with E-state index >= 15 is 0 Å². The Kier molecular flexibility index (Phi) is 6.59. The number of aliphatic carboxylic acids is 1. The zero-order valence-corrected chi connectivity index (χ0v) is 8.84. The fraction of sp³-hybridized carbons (Fsp3) is 0.900. The van der Waals surface area contributed by atoms with Gasteiger partial charge in [0.1, 0.15) is 6.04 Å². The van der Waals surface area contributed by atoms with E-state index in [1.807, 2.05) is 13.8 Å². The van der Waals surface area contributed by atoms with Crippen molar-refractivity contribution in [1.82, 2.24) is 5.32 Å². The van der Waals surface area contributed by atoms with Gasteiger partial charge in [-0.15, -0.1) is 0 Å². The highest BCUT2D eigenvalue weighted by molar-refractivity contribution is 5.73. The van der Waals surface area contributed by atoms with E-state index < -0.39 is 12.0 Å². The minimum absolute atomic E-state index is 0.152. The van der Waals surface area contributed by atoms with Crippen molar-refractivity contribution in [3.8, 4) is 0 Å². The Labute approximate surface area is 80.5 Å². The Hall–Kier alpha value is -0.570. The predicted molar refractivity (Wildman–Crippen MR) is 53.8 cm³/mol. The number of hydrogen-bond donors (Lipinski definition) is 2. The van der Waals surface area contributed by atoms with E-state index in [-0.39, 0.29) is 5.92 Å². The van der Waals surface area contributed by atoms with E-state index in [0.717, 1.165) is 19.4 Å². The van der Waals surface area contributed by atoms with E-state index in [1.54, 1.807) is 0 Å². The second-order valence-corrected chi connectivity index (χ2v) is 3.72. The maximum atomic E-state index is 10.7. The number of carboxylic acid groups (broad SMARTS) is 1. The average molecular weight is 187 g/mol. The minimum Gasteiger partial charge on any atom is -0.480 e. The Bertz CT molecular complexity index is 146. The fourth-order valence-corrected chi connectivity index (χ4v) is 1.24. The molecule has 0 aromatic carbocycles. The lowest BCUT2D eigenvalue weighted by molar-refractivity contribution is -0.140. The first kappa shape index (κ1) is 12.4. The van der Waals surface area contributed by atoms with Gasteiger partial charge in [0.2, 0.25) is 0 Å². The van der Waals surface area contributed by atoms with Gasteiger partial charge in [0.15, 0.2) is 0 Å². The molecule has 2 N–H and O–H groups in total. The van der Waals surface area contributed by atoms with Crippen LogP contribution in [0, 0.1) is 5.92 Å². The SMILES string of the molecule is CCCCCNC(C(=O)O)C(C)C. The molecule has 3 nitrogen and oxygen atoms in total. The minimum atomic E-state index is -0.744. The molecule has 1 atom stereocenters. The van der Waals surface area contributed by atoms with Gasteiger partial charge in [-0.25, -0.2) is 0 Å². The Balaban J connectivity index is 3.64. The summed E-state index contributed by atoms with van der Waals surface area (Å²) in [6.45, 7) is 6.79. The lowest BCUT2D eigenvalue weighted by Crippen LogP contribution is -2.41. The zero-order valence-electron chi connectivity index (χ0n) is 8.84. The number of carboxylic acids is 1. The van der Waals surface area contributed by atoms with Crippen LogP contribution in [0.2, 0.25) is 0 Å². The van der Waals surface area contributed by atoms with Crippen LogP contribution < -0.4 is 5.32 Å². The fourth-order valence-electron chi connectivity index (χ4n) is 1.24. The molecule has 0 aliphatic carbocycles. The van der Waals surface area contributed by atoms with Gasteiger partial charge >= 0.3 is 5.97 Å². The summed E-state index contributed by atoms with van der Waals surface area (Å²) < 4.78 is 0. The molecular formula is C10H21NO2. The van der Waals surface area contributed by atoms with Crippen molar-refractivity contribution >= 4 is 5.97 Å². The third-order valence-corrected chi connectivity index (χ3v) is 2.08. The smallest absolute Gasteiger partial charge is 0.320 e. The lowest BCUT2D eigenvalue weighted by Gasteiger charge is -2.17. The molecule has 78 valence electrons. The van der Waals surface area contributed by atoms with Crippen LogP contribution in [-0.2, 0) is 4.79 Å². The summed E-state index contributed by atoms with van der Waals surface area (Å²) in [4.78, 5) is 10.7. The number of unbranched alkanes of at least 4 members (excludes halogenated alkanes) is 2. The van der Waals surface area contributed by atoms with Crippen LogP contribution in [0.15, 0.2) is 0 Å². The van der Waals surface area contributed by atoms with Crippen molar-refractivity contribution in [3.63, 3.8) is 0 Å². The molecule has 0 fully saturated rings. The summed E-state index contributed by atoms with van der Waals surface area (Å²) in [5.41, 5.74) is 0. The molecule has 0 aromatic rings. The molecule has 0 saturated carbocycles. The van der Waals surface area contributed by atoms with Crippen LogP contribution in [-0.4, -0.2) is 23.7 Å². The summed E-state index contributed by atoms with van der Waals surface area (Å²) in [5.74, 6) is -0.592. The number of nitrogens with one attached hydrogen (secondary N) is 1. The van der Waals surface area contributed by atoms with Crippen molar-refractivity contribution < 1.29 is 9.90 Å². The van der Waals surface area contributed by atoms with Crippen LogP contribution in [0.25, 0.3) is 0 Å². The standard InChI is InChI=1S/C10H21NO2/c1-4-5-6-7-11-9(8(2)3)10(12)13/h8-9,11H,4-7H2,1-3H3,(H,12,13). The summed E-state index contributed by atoms with van der Waals surface area (Å²) in [5, 5.41) is 11.9. The number of rotatable bonds is 7. The molecule has 0 rings (SSSR count). The molecule has 0 spiro atoms. The molecule has 0 aliphatic rings. The lowest BCUT2D eigenvalue weighted by atomic mass is 10.0. The second-order valence-electron chi connectivity index (χ2n) is 3.72. The highest BCUT2D eigenvalue weighted by Crippen LogP contribution is 2.02. The molecule has 3 heteroatoms. The van der Waals surface area contributed by atoms with Gasteiger partial charge in [0.05, 0.1) is 0 Å². The van der Waals surface area contributed by atoms with E-state index in [1.165, 1.54) is 6.42 Å². The largest absolute Gasteiger partial charge is 0.480 e. The van der Waals surface area contributed by atoms with E-state index in [4.69, 9.17) is 5.11 Å². The van der Waals surface area contributed by atoms with Crippen LogP contribution in [0.3, 0.4) is 0 Å². The molecule has 0 aliphatic heterocycles. The van der Waals surface area contributed by atoms with Gasteiger partial charge in [-0.2, -0.15) is 0 Å². The molecule has 13 heavy (non-hydrogen) atoms. The number of hydrogen-bond acceptors (Lipinski definition) is 2. The van der Waals surface area contributed by atoms with Gasteiger partial charge in [-0.3, -0.25) is 4.79 Å². The van der Waals surface area contributed by atoms with Crippen molar-refractivity contribution in [2.24, 2.45) is 5.92 Å². The van der Waals surface area contributed by atoms with Gasteiger partial charge in [0.25, 0.3) is 0 Å². The van der Waals surface area contributed by atoms with Crippen molar-refractivity contribution in [1.29, 1.82) is 0 Å². The van der Waals surface area contributed by atoms with E-state index in [0.29, 0.717) is 0 Å². The van der Waals surface area contributed by atoms with E-state index in [9.17, 15) is 4.79 Å². The van der Waals surface area contributed by atoms with Crippen LogP contribution in [0.5, 0.6) is 0 Å². The van der Waals surface area contributed by atoms with E-state index in [2.05, 4.69) is 12.2 Å². The summed E-state index contributed by atoms with van der Waals surface area (Å²) in [7, 11) is 0. The zero-order chi connectivity index (χ0) is 10.3. The first-order chi connectivity index (χ1) is 6.09. The Morgan fingerprint density at radius 3 is 2.38 bits per heavy atom. The molecule has 0 amide bonds. The predicted octanol–water partition coefficient (Wildman–Crippen LogP) is 1.88. The molecule has 0 heterocycles. The summed E-state index contributed by atoms with van der Waals surface area (Å²) in [6.07, 6.45) is 3.39. The van der Waals surface area contributed by atoms with Gasteiger partial charge < -0.3 is 10.4 Å². The molecule has 0 bridgehead atoms. The maximum absolute atomic E-state index is 10.7. The second kappa shape index (κ2) is 6.89. The maximum Gasteiger partial charge on any atom is 0.320 e. The normalized spacial score (nSPS) is 13.2. The highest BCUT2D eigenvalue weighted by Gasteiger charge is 2.19. The Morgan fingerprint density at radius 1 is 1.38 bits per heavy atom. The average Bonchev–Trinajstić information content (AvgIpc) is 2.02. The molecule has 0 aromatic heterocycles. The first-order valence-corrected chi connectivity index (χ1v) is 5.05. The highest BCUT2D eigenvalue weighted by atomic mass is 16.4. The first-order valence-electron chi connectivity index (χ1n) is 5.05. The van der Waals surface area contributed by atoms with Crippen molar-refractivity contribution in [3.05, 3.63) is 0 Å². The monoisotopic (exact) mass is 187 g/mol. The van der Waals surface area contributed by atoms with Crippen LogP contribution in [0.4, 0.5) is 0 Å². The number of carbonyl (C=O) groups is 1. The third-order valence-electron chi connectivity index (χ3n) is 2.08. The van der Waals surface area contributed by atoms with Gasteiger partial charge in [-0.05, 0) is 18.9 Å². The molecule has 0 saturated heterocycles. The quantitative estimate of drug-likeness (QED) is 0.598. The molecule has 0 radical (unpaired) electrons. The third kappa shape index (κ3) is 5.64. The molecular weight excluding hydrogens is 166 g/mol. The molecule has 1 unspecified atom stereocenters. The Morgan fingerprint density at radius 2 is 2.00 bits per heavy atom. The van der Waals surface area contributed by atoms with Crippen LogP contribution >= 0.6 is 0 Å². The van der Waals surface area contributed by atoms with Gasteiger partial charge in [-0.1, -0.05) is 33.6 Å². The van der Waals surface area contributed by atoms with Crippen molar-refractivity contribution in [2.75, 3.05) is 6.54 Å².